The highest BCUT2D eigenvalue weighted by Crippen LogP contribution is 2.36. The van der Waals surface area contributed by atoms with Gasteiger partial charge in [-0.25, -0.2) is 4.39 Å². The summed E-state index contributed by atoms with van der Waals surface area (Å²) < 4.78 is 20.7. The molecular formula is C16H14BrClFNO. The molecule has 1 aliphatic rings. The van der Waals surface area contributed by atoms with Crippen LogP contribution in [0.15, 0.2) is 40.9 Å². The highest BCUT2D eigenvalue weighted by molar-refractivity contribution is 9.10. The molecule has 0 aromatic heterocycles. The Kier molecular flexibility index (Phi) is 4.36. The number of fused-ring (bicyclic) bond motifs is 1. The molecule has 2 aromatic rings. The molecule has 0 saturated carbocycles. The zero-order chi connectivity index (χ0) is 14.8. The van der Waals surface area contributed by atoms with Gasteiger partial charge >= 0.3 is 0 Å². The van der Waals surface area contributed by atoms with Crippen molar-refractivity contribution in [3.05, 3.63) is 57.3 Å². The van der Waals surface area contributed by atoms with Gasteiger partial charge in [-0.15, -0.1) is 0 Å². The van der Waals surface area contributed by atoms with Crippen molar-refractivity contribution in [2.45, 2.75) is 18.9 Å². The van der Waals surface area contributed by atoms with Crippen LogP contribution in [0.5, 0.6) is 5.75 Å². The molecule has 1 aliphatic heterocycles. The maximum absolute atomic E-state index is 14.0. The summed E-state index contributed by atoms with van der Waals surface area (Å²) in [7, 11) is 0. The van der Waals surface area contributed by atoms with Gasteiger partial charge in [-0.1, -0.05) is 33.6 Å². The highest BCUT2D eigenvalue weighted by atomic mass is 79.9. The number of nitrogens with one attached hydrogen (secondary N) is 1. The molecule has 3 rings (SSSR count). The lowest BCUT2D eigenvalue weighted by Gasteiger charge is -2.20. The standard InChI is InChI=1S/C16H14BrClFNO/c17-10-3-5-12-14(2-1-7-21-16(12)8-10)20-15-6-4-11(18)9-13(15)19/h3-6,8-9,14,20H,1-2,7H2. The second-order valence-corrected chi connectivity index (χ2v) is 6.35. The summed E-state index contributed by atoms with van der Waals surface area (Å²) in [6, 6.07) is 10.6. The monoisotopic (exact) mass is 369 g/mol. The van der Waals surface area contributed by atoms with Crippen LogP contribution in [0.1, 0.15) is 24.4 Å². The highest BCUT2D eigenvalue weighted by Gasteiger charge is 2.20. The van der Waals surface area contributed by atoms with Crippen LogP contribution >= 0.6 is 27.5 Å². The fourth-order valence-electron chi connectivity index (χ4n) is 2.49. The first-order valence-corrected chi connectivity index (χ1v) is 7.94. The molecular weight excluding hydrogens is 357 g/mol. The van der Waals surface area contributed by atoms with Gasteiger partial charge in [0.2, 0.25) is 0 Å². The van der Waals surface area contributed by atoms with E-state index < -0.39 is 0 Å². The van der Waals surface area contributed by atoms with E-state index in [4.69, 9.17) is 16.3 Å². The fraction of sp³-hybridized carbons (Fsp3) is 0.250. The van der Waals surface area contributed by atoms with Crippen molar-refractivity contribution in [2.24, 2.45) is 0 Å². The Hall–Kier alpha value is -1.26. The zero-order valence-corrected chi connectivity index (χ0v) is 13.5. The summed E-state index contributed by atoms with van der Waals surface area (Å²) in [4.78, 5) is 0. The molecule has 1 heterocycles. The maximum atomic E-state index is 14.0. The van der Waals surface area contributed by atoms with Gasteiger partial charge < -0.3 is 10.1 Å². The van der Waals surface area contributed by atoms with Crippen molar-refractivity contribution in [1.29, 1.82) is 0 Å². The van der Waals surface area contributed by atoms with Gasteiger partial charge in [-0.2, -0.15) is 0 Å². The molecule has 1 N–H and O–H groups in total. The first-order chi connectivity index (χ1) is 10.1. The van der Waals surface area contributed by atoms with Crippen LogP contribution in [-0.4, -0.2) is 6.61 Å². The quantitative estimate of drug-likeness (QED) is 0.746. The van der Waals surface area contributed by atoms with Crippen molar-refractivity contribution in [2.75, 3.05) is 11.9 Å². The van der Waals surface area contributed by atoms with Crippen LogP contribution in [0.4, 0.5) is 10.1 Å². The number of rotatable bonds is 2. The van der Waals surface area contributed by atoms with E-state index in [1.165, 1.54) is 6.07 Å². The van der Waals surface area contributed by atoms with E-state index in [9.17, 15) is 4.39 Å². The number of halogens is 3. The van der Waals surface area contributed by atoms with Crippen LogP contribution in [0.3, 0.4) is 0 Å². The Balaban J connectivity index is 1.92. The summed E-state index contributed by atoms with van der Waals surface area (Å²) >= 11 is 9.24. The van der Waals surface area contributed by atoms with Crippen molar-refractivity contribution >= 4 is 33.2 Å². The number of hydrogen-bond donors (Lipinski definition) is 1. The average Bonchev–Trinajstić information content (AvgIpc) is 2.64. The lowest BCUT2D eigenvalue weighted by atomic mass is 10.0. The van der Waals surface area contributed by atoms with Crippen LogP contribution in [0, 0.1) is 5.82 Å². The Bertz CT molecular complexity index is 665. The molecule has 5 heteroatoms. The van der Waals surface area contributed by atoms with Crippen LogP contribution in [-0.2, 0) is 0 Å². The SMILES string of the molecule is Fc1cc(Cl)ccc1NC1CCCOc2cc(Br)ccc21. The van der Waals surface area contributed by atoms with E-state index in [1.54, 1.807) is 12.1 Å². The smallest absolute Gasteiger partial charge is 0.147 e. The Morgan fingerprint density at radius 3 is 2.90 bits per heavy atom. The van der Waals surface area contributed by atoms with E-state index >= 15 is 0 Å². The minimum Gasteiger partial charge on any atom is -0.493 e. The molecule has 0 amide bonds. The second kappa shape index (κ2) is 6.24. The molecule has 0 spiro atoms. The third kappa shape index (κ3) is 3.33. The van der Waals surface area contributed by atoms with Crippen LogP contribution in [0.2, 0.25) is 5.02 Å². The van der Waals surface area contributed by atoms with Gasteiger partial charge in [-0.3, -0.25) is 0 Å². The number of anilines is 1. The summed E-state index contributed by atoms with van der Waals surface area (Å²) in [6.45, 7) is 0.671. The molecule has 0 fully saturated rings. The van der Waals surface area contributed by atoms with E-state index in [2.05, 4.69) is 21.2 Å². The van der Waals surface area contributed by atoms with E-state index in [-0.39, 0.29) is 11.9 Å². The van der Waals surface area contributed by atoms with E-state index in [1.807, 2.05) is 18.2 Å². The van der Waals surface area contributed by atoms with Gasteiger partial charge in [0.1, 0.15) is 11.6 Å². The maximum Gasteiger partial charge on any atom is 0.147 e. The van der Waals surface area contributed by atoms with Crippen LogP contribution < -0.4 is 10.1 Å². The lowest BCUT2D eigenvalue weighted by molar-refractivity contribution is 0.316. The van der Waals surface area contributed by atoms with Gasteiger partial charge in [0.05, 0.1) is 18.3 Å². The number of ether oxygens (including phenoxy) is 1. The summed E-state index contributed by atoms with van der Waals surface area (Å²) in [5.74, 6) is 0.500. The van der Waals surface area contributed by atoms with Crippen molar-refractivity contribution in [3.63, 3.8) is 0 Å². The summed E-state index contributed by atoms with van der Waals surface area (Å²) in [5, 5.41) is 3.66. The molecule has 0 saturated heterocycles. The molecule has 110 valence electrons. The van der Waals surface area contributed by atoms with Crippen molar-refractivity contribution in [3.8, 4) is 5.75 Å². The van der Waals surface area contributed by atoms with Gasteiger partial charge in [0, 0.05) is 15.1 Å². The number of hydrogen-bond acceptors (Lipinski definition) is 2. The first-order valence-electron chi connectivity index (χ1n) is 6.77. The summed E-state index contributed by atoms with van der Waals surface area (Å²) in [5.41, 5.74) is 1.50. The summed E-state index contributed by atoms with van der Waals surface area (Å²) in [6.07, 6.45) is 1.80. The van der Waals surface area contributed by atoms with E-state index in [0.29, 0.717) is 17.3 Å². The Morgan fingerprint density at radius 1 is 1.24 bits per heavy atom. The average molecular weight is 371 g/mol. The number of benzene rings is 2. The minimum atomic E-state index is -0.341. The fourth-order valence-corrected chi connectivity index (χ4v) is 2.99. The Labute approximate surface area is 136 Å². The zero-order valence-electron chi connectivity index (χ0n) is 11.2. The van der Waals surface area contributed by atoms with Gasteiger partial charge in [0.25, 0.3) is 0 Å². The predicted octanol–water partition coefficient (Wildman–Crippen LogP) is 5.57. The Morgan fingerprint density at radius 2 is 2.10 bits per heavy atom. The molecule has 0 aliphatic carbocycles. The van der Waals surface area contributed by atoms with Crippen molar-refractivity contribution < 1.29 is 9.13 Å². The molecule has 21 heavy (non-hydrogen) atoms. The molecule has 0 radical (unpaired) electrons. The molecule has 2 nitrogen and oxygen atoms in total. The molecule has 1 atom stereocenters. The largest absolute Gasteiger partial charge is 0.493 e. The van der Waals surface area contributed by atoms with Gasteiger partial charge in [0.15, 0.2) is 0 Å². The topological polar surface area (TPSA) is 21.3 Å². The third-order valence-corrected chi connectivity index (χ3v) is 4.23. The van der Waals surface area contributed by atoms with Gasteiger partial charge in [-0.05, 0) is 43.2 Å². The molecule has 1 unspecified atom stereocenters. The molecule has 0 bridgehead atoms. The second-order valence-electron chi connectivity index (χ2n) is 4.99. The minimum absolute atomic E-state index is 0.0197. The van der Waals surface area contributed by atoms with Crippen LogP contribution in [0.25, 0.3) is 0 Å². The first kappa shape index (κ1) is 14.7. The van der Waals surface area contributed by atoms with E-state index in [0.717, 1.165) is 28.6 Å². The normalized spacial score (nSPS) is 17.6. The predicted molar refractivity (Wildman–Crippen MR) is 86.6 cm³/mol. The van der Waals surface area contributed by atoms with Crippen molar-refractivity contribution in [1.82, 2.24) is 0 Å². The third-order valence-electron chi connectivity index (χ3n) is 3.51. The molecule has 2 aromatic carbocycles. The lowest BCUT2D eigenvalue weighted by Crippen LogP contribution is -2.11.